The molecule has 9 atom stereocenters. The van der Waals surface area contributed by atoms with Crippen LogP contribution in [0.15, 0.2) is 24.3 Å². The summed E-state index contributed by atoms with van der Waals surface area (Å²) < 4.78 is 48.1. The third-order valence-electron chi connectivity index (χ3n) is 7.71. The van der Waals surface area contributed by atoms with E-state index < -0.39 is 78.9 Å². The van der Waals surface area contributed by atoms with E-state index in [4.69, 9.17) is 43.6 Å². The van der Waals surface area contributed by atoms with Crippen molar-refractivity contribution in [1.82, 2.24) is 4.90 Å². The lowest BCUT2D eigenvalue weighted by Gasteiger charge is -2.41. The Morgan fingerprint density at radius 2 is 1.55 bits per heavy atom. The number of carbonyl (C=O) groups excluding carboxylic acids is 3. The largest absolute Gasteiger partial charge is 0.376 e. The van der Waals surface area contributed by atoms with Crippen LogP contribution < -0.4 is 11.1 Å². The number of nitrogens with zero attached hydrogens (tertiary/aromatic N) is 1. The second kappa shape index (κ2) is 11.4. The molecule has 14 heteroatoms. The van der Waals surface area contributed by atoms with Crippen molar-refractivity contribution < 1.29 is 52.3 Å². The molecule has 0 saturated carbocycles. The number of urea groups is 1. The van der Waals surface area contributed by atoms with Gasteiger partial charge in [0.2, 0.25) is 5.91 Å². The molecule has 14 nitrogen and oxygen atoms in total. The Balaban J connectivity index is 1.53. The number of primary amides is 1. The molecule has 4 heterocycles. The summed E-state index contributed by atoms with van der Waals surface area (Å²) in [5.74, 6) is -2.74. The fourth-order valence-electron chi connectivity index (χ4n) is 6.06. The number of ether oxygens (including phenoxy) is 8. The van der Waals surface area contributed by atoms with Crippen molar-refractivity contribution in [3.8, 4) is 0 Å². The number of benzene rings is 1. The van der Waals surface area contributed by atoms with Gasteiger partial charge in [-0.2, -0.15) is 0 Å². The minimum Gasteiger partial charge on any atom is -0.376 e. The summed E-state index contributed by atoms with van der Waals surface area (Å²) >= 11 is 0. The van der Waals surface area contributed by atoms with Gasteiger partial charge in [-0.1, -0.05) is 12.1 Å². The van der Waals surface area contributed by atoms with Crippen LogP contribution in [0, 0.1) is 0 Å². The van der Waals surface area contributed by atoms with Gasteiger partial charge in [0.1, 0.15) is 30.5 Å². The Labute approximate surface area is 243 Å². The lowest BCUT2D eigenvalue weighted by atomic mass is 9.97. The highest BCUT2D eigenvalue weighted by Crippen LogP contribution is 2.44. The zero-order chi connectivity index (χ0) is 30.6. The van der Waals surface area contributed by atoms with Gasteiger partial charge in [0.25, 0.3) is 0 Å². The fraction of sp³-hybridized carbons (Fsp3) is 0.679. The Bertz CT molecular complexity index is 1210. The fourth-order valence-corrected chi connectivity index (χ4v) is 6.06. The molecule has 0 spiro atoms. The van der Waals surface area contributed by atoms with Crippen LogP contribution in [-0.4, -0.2) is 104 Å². The van der Waals surface area contributed by atoms with Gasteiger partial charge in [0.15, 0.2) is 36.2 Å². The Kier molecular flexibility index (Phi) is 8.37. The minimum absolute atomic E-state index is 0.172. The lowest BCUT2D eigenvalue weighted by Crippen LogP contribution is -2.61. The van der Waals surface area contributed by atoms with Gasteiger partial charge < -0.3 is 48.9 Å². The van der Waals surface area contributed by atoms with E-state index in [1.807, 2.05) is 0 Å². The average molecular weight is 594 g/mol. The van der Waals surface area contributed by atoms with Gasteiger partial charge in [0.05, 0.1) is 6.04 Å². The molecule has 3 N–H and O–H groups in total. The molecule has 5 rings (SSSR count). The van der Waals surface area contributed by atoms with Crippen molar-refractivity contribution in [1.29, 1.82) is 0 Å². The normalized spacial score (nSPS) is 34.9. The summed E-state index contributed by atoms with van der Waals surface area (Å²) in [7, 11) is 2.95. The van der Waals surface area contributed by atoms with Crippen molar-refractivity contribution in [3.63, 3.8) is 0 Å². The van der Waals surface area contributed by atoms with Crippen LogP contribution >= 0.6 is 0 Å². The number of carbonyl (C=O) groups is 3. The second-order valence-electron chi connectivity index (χ2n) is 11.7. The van der Waals surface area contributed by atoms with E-state index in [1.165, 1.54) is 26.0 Å². The van der Waals surface area contributed by atoms with E-state index in [-0.39, 0.29) is 12.2 Å². The molecule has 4 fully saturated rings. The second-order valence-corrected chi connectivity index (χ2v) is 11.7. The van der Waals surface area contributed by atoms with Crippen LogP contribution in [-0.2, 0) is 42.7 Å². The maximum atomic E-state index is 14.2. The number of nitrogens with one attached hydrogen (secondary N) is 1. The number of rotatable bonds is 9. The first-order chi connectivity index (χ1) is 19.7. The van der Waals surface area contributed by atoms with Gasteiger partial charge in [-0.15, -0.1) is 0 Å². The molecule has 232 valence electrons. The maximum Gasteiger partial charge on any atom is 0.324 e. The standard InChI is InChI=1S/C28H39N3O11/c1-13(32)14-9-8-10-15(11-14)30-26(34)31(23-20(36-7)22-25(38-23)42-28(4,5)40-22)16(12-17(29)33)18-19(35-6)21-24(37-18)41-27(2,3)39-21/h8-11,16,18-25H,12H2,1-7H3,(H2,29,33)(H,30,34)/t16-,18+,19-,20-,21+,22-,23?,24+,25-/m0/s1. The van der Waals surface area contributed by atoms with Crippen LogP contribution in [0.4, 0.5) is 10.5 Å². The first kappa shape index (κ1) is 30.8. The number of methoxy groups -OCH3 is 2. The summed E-state index contributed by atoms with van der Waals surface area (Å²) in [5.41, 5.74) is 6.48. The van der Waals surface area contributed by atoms with Gasteiger partial charge in [-0.05, 0) is 46.8 Å². The molecule has 4 saturated heterocycles. The van der Waals surface area contributed by atoms with E-state index >= 15 is 0 Å². The van der Waals surface area contributed by atoms with Crippen LogP contribution in [0.25, 0.3) is 0 Å². The number of nitrogens with two attached hydrogens (primary N) is 1. The smallest absolute Gasteiger partial charge is 0.324 e. The van der Waals surface area contributed by atoms with E-state index in [0.29, 0.717) is 11.3 Å². The van der Waals surface area contributed by atoms with Gasteiger partial charge in [0, 0.05) is 31.9 Å². The van der Waals surface area contributed by atoms with E-state index in [0.717, 1.165) is 0 Å². The molecular weight excluding hydrogens is 554 g/mol. The highest BCUT2D eigenvalue weighted by atomic mass is 16.9. The van der Waals surface area contributed by atoms with Crippen LogP contribution in [0.1, 0.15) is 51.4 Å². The number of hydrogen-bond donors (Lipinski definition) is 2. The zero-order valence-corrected chi connectivity index (χ0v) is 24.7. The van der Waals surface area contributed by atoms with Crippen LogP contribution in [0.5, 0.6) is 0 Å². The molecule has 1 unspecified atom stereocenters. The highest BCUT2D eigenvalue weighted by molar-refractivity contribution is 5.97. The van der Waals surface area contributed by atoms with Gasteiger partial charge in [-0.3, -0.25) is 14.5 Å². The van der Waals surface area contributed by atoms with Crippen molar-refractivity contribution in [2.75, 3.05) is 19.5 Å². The highest BCUT2D eigenvalue weighted by Gasteiger charge is 2.62. The van der Waals surface area contributed by atoms with E-state index in [2.05, 4.69) is 5.32 Å². The Hall–Kier alpha value is -2.69. The summed E-state index contributed by atoms with van der Waals surface area (Å²) in [6.07, 6.45) is -6.95. The molecule has 0 radical (unpaired) electrons. The van der Waals surface area contributed by atoms with Crippen molar-refractivity contribution >= 4 is 23.4 Å². The molecule has 0 aromatic heterocycles. The first-order valence-electron chi connectivity index (χ1n) is 13.8. The zero-order valence-electron chi connectivity index (χ0n) is 24.7. The predicted molar refractivity (Wildman–Crippen MR) is 144 cm³/mol. The Morgan fingerprint density at radius 3 is 2.12 bits per heavy atom. The monoisotopic (exact) mass is 593 g/mol. The Morgan fingerprint density at radius 1 is 0.952 bits per heavy atom. The summed E-state index contributed by atoms with van der Waals surface area (Å²) in [6, 6.07) is 4.75. The number of amides is 3. The summed E-state index contributed by atoms with van der Waals surface area (Å²) in [6.45, 7) is 8.42. The number of anilines is 1. The number of hydrogen-bond acceptors (Lipinski definition) is 11. The van der Waals surface area contributed by atoms with E-state index in [1.54, 1.807) is 52.0 Å². The summed E-state index contributed by atoms with van der Waals surface area (Å²) in [4.78, 5) is 40.0. The van der Waals surface area contributed by atoms with Gasteiger partial charge in [-0.25, -0.2) is 4.79 Å². The van der Waals surface area contributed by atoms with Crippen molar-refractivity contribution in [2.45, 2.75) is 108 Å². The molecular formula is C28H39N3O11. The molecule has 0 bridgehead atoms. The van der Waals surface area contributed by atoms with Gasteiger partial charge >= 0.3 is 6.03 Å². The van der Waals surface area contributed by atoms with Crippen molar-refractivity contribution in [2.24, 2.45) is 5.73 Å². The third-order valence-corrected chi connectivity index (χ3v) is 7.71. The predicted octanol–water partition coefficient (Wildman–Crippen LogP) is 1.71. The molecule has 1 aromatic carbocycles. The third kappa shape index (κ3) is 5.90. The first-order valence-corrected chi connectivity index (χ1v) is 13.8. The topological polar surface area (TPSA) is 166 Å². The molecule has 1 aromatic rings. The SMILES string of the molecule is CO[C@@H]1[C@H]2OC(C)(C)O[C@H]2O[C@@H]1[C@H](CC(N)=O)N(C(=O)Nc1cccc(C(C)=O)c1)C1O[C@H]2OC(C)(C)O[C@H]2[C@@H]1OC. The number of Topliss-reactive ketones (excluding diaryl/α,β-unsaturated/α-hetero) is 1. The molecule has 0 aliphatic carbocycles. The van der Waals surface area contributed by atoms with Crippen molar-refractivity contribution in [3.05, 3.63) is 29.8 Å². The van der Waals surface area contributed by atoms with E-state index in [9.17, 15) is 14.4 Å². The molecule has 42 heavy (non-hydrogen) atoms. The molecule has 3 amide bonds. The number of ketones is 1. The minimum atomic E-state index is -1.11. The number of fused-ring (bicyclic) bond motifs is 2. The van der Waals surface area contributed by atoms with Crippen LogP contribution in [0.3, 0.4) is 0 Å². The summed E-state index contributed by atoms with van der Waals surface area (Å²) in [5, 5.41) is 2.82. The molecule has 4 aliphatic rings. The quantitative estimate of drug-likeness (QED) is 0.400. The maximum absolute atomic E-state index is 14.2. The lowest BCUT2D eigenvalue weighted by molar-refractivity contribution is -0.246. The van der Waals surface area contributed by atoms with Crippen LogP contribution in [0.2, 0.25) is 0 Å². The molecule has 4 aliphatic heterocycles. The average Bonchev–Trinajstić information content (AvgIpc) is 3.57.